The molecule has 0 aliphatic carbocycles. The van der Waals surface area contributed by atoms with Crippen LogP contribution >= 0.6 is 0 Å². The number of hydrogen-bond acceptors (Lipinski definition) is 7. The van der Waals surface area contributed by atoms with Crippen LogP contribution in [0.1, 0.15) is 59.0 Å². The van der Waals surface area contributed by atoms with E-state index < -0.39 is 48.6 Å². The average molecular weight is 583 g/mol. The molecule has 3 atom stereocenters. The van der Waals surface area contributed by atoms with Gasteiger partial charge in [0.25, 0.3) is 5.91 Å². The zero-order valence-corrected chi connectivity index (χ0v) is 23.0. The number of aliphatic hydroxyl groups excluding tert-OH is 2. The van der Waals surface area contributed by atoms with Gasteiger partial charge in [-0.15, -0.1) is 13.2 Å². The Hall–Kier alpha value is -4.19. The highest BCUT2D eigenvalue weighted by molar-refractivity contribution is 6.04. The minimum atomic E-state index is -4.95. The van der Waals surface area contributed by atoms with Crippen LogP contribution in [0.2, 0.25) is 0 Å². The molecule has 220 valence electrons. The second-order valence-corrected chi connectivity index (χ2v) is 10.3. The first kappa shape index (κ1) is 29.3. The lowest BCUT2D eigenvalue weighted by Crippen LogP contribution is -2.45. The van der Waals surface area contributed by atoms with Crippen LogP contribution in [0.25, 0.3) is 10.9 Å². The smallest absolute Gasteiger partial charge is 0.462 e. The van der Waals surface area contributed by atoms with Crippen molar-refractivity contribution in [2.24, 2.45) is 0 Å². The quantitative estimate of drug-likeness (QED) is 0.282. The molecule has 3 aromatic carbocycles. The summed E-state index contributed by atoms with van der Waals surface area (Å²) in [7, 11) is 0. The fourth-order valence-electron chi connectivity index (χ4n) is 5.48. The molecule has 1 aromatic heterocycles. The number of hydrogen-bond donors (Lipinski definition) is 2. The van der Waals surface area contributed by atoms with E-state index >= 15 is 0 Å². The maximum absolute atomic E-state index is 13.7. The molecule has 5 rings (SSSR count). The van der Waals surface area contributed by atoms with Crippen LogP contribution < -0.4 is 4.74 Å². The normalized spacial score (nSPS) is 17.8. The summed E-state index contributed by atoms with van der Waals surface area (Å²) in [4.78, 5) is 28.4. The maximum Gasteiger partial charge on any atom is 0.573 e. The summed E-state index contributed by atoms with van der Waals surface area (Å²) in [6, 6.07) is 17.4. The summed E-state index contributed by atoms with van der Waals surface area (Å²) in [5.41, 5.74) is 2.18. The van der Waals surface area contributed by atoms with Crippen molar-refractivity contribution in [1.82, 2.24) is 9.47 Å². The van der Waals surface area contributed by atoms with E-state index in [-0.39, 0.29) is 11.8 Å². The van der Waals surface area contributed by atoms with Crippen molar-refractivity contribution in [2.45, 2.75) is 58.2 Å². The van der Waals surface area contributed by atoms with Gasteiger partial charge < -0.3 is 19.7 Å². The molecule has 11 heteroatoms. The molecule has 8 nitrogen and oxygen atoms in total. The summed E-state index contributed by atoms with van der Waals surface area (Å²) >= 11 is 0. The standard InChI is InChI=1S/C31H29F3N2O6/c1-17(2)41-30(40)26(36-28(38)21-11-7-8-12-22(21)29(36)39)16-23-18(3)35(27(37)19-9-5-4-6-10-19)25-14-13-20(15-24(23)25)42-31(32,33)34/h4-15,17,26,28-29,38-39H,16H2,1-3H3/t26-,28-,29-/m0/s1. The van der Waals surface area contributed by atoms with Gasteiger partial charge in [0.2, 0.25) is 0 Å². The van der Waals surface area contributed by atoms with Gasteiger partial charge in [0, 0.05) is 34.2 Å². The molecule has 0 radical (unpaired) electrons. The van der Waals surface area contributed by atoms with Crippen LogP contribution in [0, 0.1) is 6.92 Å². The number of rotatable bonds is 7. The Morgan fingerprint density at radius 3 is 2.10 bits per heavy atom. The number of aliphatic hydroxyl groups is 2. The third-order valence-electron chi connectivity index (χ3n) is 7.26. The molecule has 2 heterocycles. The third-order valence-corrected chi connectivity index (χ3v) is 7.26. The fraction of sp³-hybridized carbons (Fsp3) is 0.290. The van der Waals surface area contributed by atoms with Crippen LogP contribution in [0.15, 0.2) is 72.8 Å². The van der Waals surface area contributed by atoms with Crippen LogP contribution in [-0.2, 0) is 16.0 Å². The first-order valence-corrected chi connectivity index (χ1v) is 13.3. The number of nitrogens with zero attached hydrogens (tertiary/aromatic N) is 2. The highest BCUT2D eigenvalue weighted by Gasteiger charge is 2.44. The lowest BCUT2D eigenvalue weighted by atomic mass is 10.0. The lowest BCUT2D eigenvalue weighted by molar-refractivity contribution is -0.274. The topological polar surface area (TPSA) is 101 Å². The minimum Gasteiger partial charge on any atom is -0.462 e. The summed E-state index contributed by atoms with van der Waals surface area (Å²) in [6.07, 6.45) is -8.44. The minimum absolute atomic E-state index is 0.208. The van der Waals surface area contributed by atoms with Crippen LogP contribution in [0.4, 0.5) is 13.2 Å². The SMILES string of the molecule is Cc1c(C[C@@H](C(=O)OC(C)C)N2[C@@H](O)c3ccccc3[C@@H]2O)c2cc(OC(F)(F)F)ccc2n1C(=O)c1ccccc1. The van der Waals surface area contributed by atoms with Gasteiger partial charge in [-0.1, -0.05) is 42.5 Å². The first-order chi connectivity index (χ1) is 19.9. The molecule has 0 saturated heterocycles. The van der Waals surface area contributed by atoms with E-state index in [0.717, 1.165) is 12.1 Å². The number of aromatic nitrogens is 1. The van der Waals surface area contributed by atoms with E-state index in [1.54, 1.807) is 75.4 Å². The van der Waals surface area contributed by atoms with Gasteiger partial charge in [0.15, 0.2) is 0 Å². The second kappa shape index (κ2) is 11.2. The van der Waals surface area contributed by atoms with E-state index in [2.05, 4.69) is 4.74 Å². The molecule has 1 aliphatic heterocycles. The van der Waals surface area contributed by atoms with E-state index in [1.807, 2.05) is 0 Å². The van der Waals surface area contributed by atoms with E-state index in [1.165, 1.54) is 15.5 Å². The number of alkyl halides is 3. The Labute approximate surface area is 239 Å². The molecule has 0 amide bonds. The zero-order chi connectivity index (χ0) is 30.3. The molecule has 0 spiro atoms. The number of fused-ring (bicyclic) bond motifs is 2. The first-order valence-electron chi connectivity index (χ1n) is 13.3. The van der Waals surface area contributed by atoms with Crippen molar-refractivity contribution >= 4 is 22.8 Å². The Balaban J connectivity index is 1.66. The predicted molar refractivity (Wildman–Crippen MR) is 146 cm³/mol. The van der Waals surface area contributed by atoms with Crippen molar-refractivity contribution in [1.29, 1.82) is 0 Å². The number of benzene rings is 3. The number of halogens is 3. The molecule has 0 fully saturated rings. The Morgan fingerprint density at radius 2 is 1.52 bits per heavy atom. The summed E-state index contributed by atoms with van der Waals surface area (Å²) in [6.45, 7) is 4.92. The van der Waals surface area contributed by atoms with Crippen molar-refractivity contribution in [3.05, 3.63) is 101 Å². The molecule has 1 aliphatic rings. The number of esters is 1. The van der Waals surface area contributed by atoms with Gasteiger partial charge in [0.1, 0.15) is 24.2 Å². The van der Waals surface area contributed by atoms with Crippen molar-refractivity contribution in [3.63, 3.8) is 0 Å². The van der Waals surface area contributed by atoms with E-state index in [9.17, 15) is 33.0 Å². The molecule has 0 bridgehead atoms. The van der Waals surface area contributed by atoms with Crippen molar-refractivity contribution < 1.29 is 42.4 Å². The Kier molecular flexibility index (Phi) is 7.84. The largest absolute Gasteiger partial charge is 0.573 e. The van der Waals surface area contributed by atoms with Gasteiger partial charge in [-0.2, -0.15) is 0 Å². The maximum atomic E-state index is 13.7. The summed E-state index contributed by atoms with van der Waals surface area (Å²) in [5.74, 6) is -1.69. The van der Waals surface area contributed by atoms with Crippen LogP contribution in [-0.4, -0.2) is 50.1 Å². The molecule has 0 unspecified atom stereocenters. The molecular weight excluding hydrogens is 553 g/mol. The van der Waals surface area contributed by atoms with E-state index in [0.29, 0.717) is 33.5 Å². The second-order valence-electron chi connectivity index (χ2n) is 10.3. The monoisotopic (exact) mass is 582 g/mol. The Bertz CT molecular complexity index is 1600. The predicted octanol–water partition coefficient (Wildman–Crippen LogP) is 5.40. The van der Waals surface area contributed by atoms with Gasteiger partial charge in [-0.25, -0.2) is 4.90 Å². The highest BCUT2D eigenvalue weighted by Crippen LogP contribution is 2.42. The molecule has 2 N–H and O–H groups in total. The average Bonchev–Trinajstić information content (AvgIpc) is 3.35. The van der Waals surface area contributed by atoms with Crippen molar-refractivity contribution in [3.8, 4) is 5.75 Å². The van der Waals surface area contributed by atoms with Gasteiger partial charge in [-0.05, 0) is 56.7 Å². The highest BCUT2D eigenvalue weighted by atomic mass is 19.4. The van der Waals surface area contributed by atoms with E-state index in [4.69, 9.17) is 4.74 Å². The number of carbonyl (C=O) groups is 2. The number of carbonyl (C=O) groups excluding carboxylic acids is 2. The zero-order valence-electron chi connectivity index (χ0n) is 23.0. The molecular formula is C31H29F3N2O6. The van der Waals surface area contributed by atoms with Gasteiger partial charge in [-0.3, -0.25) is 14.2 Å². The van der Waals surface area contributed by atoms with Gasteiger partial charge >= 0.3 is 12.3 Å². The van der Waals surface area contributed by atoms with Gasteiger partial charge in [0.05, 0.1) is 11.6 Å². The lowest BCUT2D eigenvalue weighted by Gasteiger charge is -2.32. The molecule has 4 aromatic rings. The third kappa shape index (κ3) is 5.50. The Morgan fingerprint density at radius 1 is 0.929 bits per heavy atom. The van der Waals surface area contributed by atoms with Crippen molar-refractivity contribution in [2.75, 3.05) is 0 Å². The van der Waals surface area contributed by atoms with Crippen LogP contribution in [0.3, 0.4) is 0 Å². The number of ether oxygens (including phenoxy) is 2. The molecule has 42 heavy (non-hydrogen) atoms. The fourth-order valence-corrected chi connectivity index (χ4v) is 5.48. The summed E-state index contributed by atoms with van der Waals surface area (Å²) < 4.78 is 50.4. The molecule has 0 saturated carbocycles. The van der Waals surface area contributed by atoms with Crippen LogP contribution in [0.5, 0.6) is 5.75 Å². The summed E-state index contributed by atoms with van der Waals surface area (Å²) in [5, 5.41) is 22.6.